The van der Waals surface area contributed by atoms with Crippen LogP contribution in [-0.4, -0.2) is 46.2 Å². The van der Waals surface area contributed by atoms with E-state index in [4.69, 9.17) is 21.6 Å². The highest BCUT2D eigenvalue weighted by Gasteiger charge is 2.40. The molecule has 1 N–H and O–H groups in total. The summed E-state index contributed by atoms with van der Waals surface area (Å²) in [6.45, 7) is 3.26. The predicted molar refractivity (Wildman–Crippen MR) is 127 cm³/mol. The molecule has 2 aromatic carbocycles. The second-order valence-electron chi connectivity index (χ2n) is 7.64. The standard InChI is InChI=1S/C23H24ClFN4OS/c1-2-15-31-21-20(16-3-5-17(24)6-4-16)27-23(28-21)11-13-29(14-12-23)22(30)26-19-9-7-18(25)8-10-19/h3-10H,2,11-15H2,1H3,(H,26,30). The summed E-state index contributed by atoms with van der Waals surface area (Å²) in [5.74, 6) is 0.649. The summed E-state index contributed by atoms with van der Waals surface area (Å²) in [5, 5.41) is 4.48. The zero-order valence-electron chi connectivity index (χ0n) is 17.3. The van der Waals surface area contributed by atoms with Gasteiger partial charge in [-0.1, -0.05) is 30.7 Å². The number of anilines is 1. The molecule has 0 bridgehead atoms. The fourth-order valence-corrected chi connectivity index (χ4v) is 4.70. The normalized spacial score (nSPS) is 17.5. The van der Waals surface area contributed by atoms with Crippen LogP contribution in [0, 0.1) is 5.82 Å². The van der Waals surface area contributed by atoms with Gasteiger partial charge in [0, 0.05) is 42.2 Å². The summed E-state index contributed by atoms with van der Waals surface area (Å²) >= 11 is 7.79. The molecule has 2 aliphatic rings. The van der Waals surface area contributed by atoms with E-state index in [-0.39, 0.29) is 11.8 Å². The molecule has 0 unspecified atom stereocenters. The lowest BCUT2D eigenvalue weighted by atomic mass is 9.98. The highest BCUT2D eigenvalue weighted by molar-refractivity contribution is 8.15. The maximum Gasteiger partial charge on any atom is 0.321 e. The van der Waals surface area contributed by atoms with Gasteiger partial charge in [0.1, 0.15) is 10.9 Å². The van der Waals surface area contributed by atoms with Crippen molar-refractivity contribution in [1.82, 2.24) is 4.90 Å². The Bertz CT molecular complexity index is 999. The Morgan fingerprint density at radius 3 is 2.45 bits per heavy atom. The van der Waals surface area contributed by atoms with E-state index in [1.165, 1.54) is 12.1 Å². The van der Waals surface area contributed by atoms with Crippen molar-refractivity contribution >= 4 is 45.8 Å². The third-order valence-corrected chi connectivity index (χ3v) is 6.76. The molecule has 31 heavy (non-hydrogen) atoms. The number of amides is 2. The van der Waals surface area contributed by atoms with Gasteiger partial charge in [-0.2, -0.15) is 0 Å². The molecule has 2 aromatic rings. The maximum absolute atomic E-state index is 13.1. The van der Waals surface area contributed by atoms with Crippen molar-refractivity contribution in [2.75, 3.05) is 24.2 Å². The fraction of sp³-hybridized carbons (Fsp3) is 0.348. The van der Waals surface area contributed by atoms with Crippen LogP contribution in [0.4, 0.5) is 14.9 Å². The first kappa shape index (κ1) is 21.8. The number of hydrogen-bond donors (Lipinski definition) is 1. The second kappa shape index (κ2) is 9.40. The Hall–Kier alpha value is -2.38. The number of carbonyl (C=O) groups excluding carboxylic acids is 1. The van der Waals surface area contributed by atoms with Crippen LogP contribution in [-0.2, 0) is 0 Å². The molecule has 2 amide bonds. The number of likely N-dealkylation sites (tertiary alicyclic amines) is 1. The largest absolute Gasteiger partial charge is 0.324 e. The van der Waals surface area contributed by atoms with E-state index in [1.54, 1.807) is 28.8 Å². The van der Waals surface area contributed by atoms with Crippen LogP contribution < -0.4 is 5.32 Å². The van der Waals surface area contributed by atoms with Gasteiger partial charge in [0.25, 0.3) is 0 Å². The molecular formula is C23H24ClFN4OS. The lowest BCUT2D eigenvalue weighted by Crippen LogP contribution is -2.46. The summed E-state index contributed by atoms with van der Waals surface area (Å²) in [6, 6.07) is 13.3. The molecule has 8 heteroatoms. The number of rotatable bonds is 4. The Balaban J connectivity index is 1.46. The van der Waals surface area contributed by atoms with Crippen LogP contribution in [0.3, 0.4) is 0 Å². The minimum Gasteiger partial charge on any atom is -0.324 e. The van der Waals surface area contributed by atoms with E-state index >= 15 is 0 Å². The number of benzene rings is 2. The van der Waals surface area contributed by atoms with Gasteiger partial charge in [0.05, 0.1) is 5.71 Å². The first-order valence-corrected chi connectivity index (χ1v) is 11.7. The van der Waals surface area contributed by atoms with Crippen LogP contribution >= 0.6 is 23.4 Å². The molecule has 1 fully saturated rings. The van der Waals surface area contributed by atoms with Crippen molar-refractivity contribution in [1.29, 1.82) is 0 Å². The fourth-order valence-electron chi connectivity index (χ4n) is 3.65. The Labute approximate surface area is 190 Å². The molecule has 0 saturated carbocycles. The molecule has 0 aliphatic carbocycles. The number of urea groups is 1. The number of thioether (sulfide) groups is 1. The summed E-state index contributed by atoms with van der Waals surface area (Å²) in [6.07, 6.45) is 2.39. The van der Waals surface area contributed by atoms with E-state index in [1.807, 2.05) is 24.3 Å². The van der Waals surface area contributed by atoms with Crippen LogP contribution in [0.2, 0.25) is 5.02 Å². The minimum absolute atomic E-state index is 0.189. The van der Waals surface area contributed by atoms with Crippen LogP contribution in [0.15, 0.2) is 58.5 Å². The number of aliphatic imine (C=N–C) groups is 2. The predicted octanol–water partition coefficient (Wildman–Crippen LogP) is 5.85. The number of halogens is 2. The van der Waals surface area contributed by atoms with Gasteiger partial charge >= 0.3 is 6.03 Å². The smallest absolute Gasteiger partial charge is 0.321 e. The van der Waals surface area contributed by atoms with Crippen LogP contribution in [0.5, 0.6) is 0 Å². The molecule has 162 valence electrons. The van der Waals surface area contributed by atoms with Gasteiger partial charge in [-0.3, -0.25) is 4.99 Å². The maximum atomic E-state index is 13.1. The lowest BCUT2D eigenvalue weighted by Gasteiger charge is -2.35. The quantitative estimate of drug-likeness (QED) is 0.625. The molecular weight excluding hydrogens is 435 g/mol. The Morgan fingerprint density at radius 1 is 1.13 bits per heavy atom. The van der Waals surface area contributed by atoms with Crippen molar-refractivity contribution in [3.05, 3.63) is 64.9 Å². The van der Waals surface area contributed by atoms with Gasteiger partial charge in [0.15, 0.2) is 5.66 Å². The molecule has 0 radical (unpaired) electrons. The van der Waals surface area contributed by atoms with Gasteiger partial charge < -0.3 is 10.2 Å². The van der Waals surface area contributed by atoms with Crippen molar-refractivity contribution in [3.8, 4) is 0 Å². The van der Waals surface area contributed by atoms with Crippen molar-refractivity contribution < 1.29 is 9.18 Å². The average molecular weight is 459 g/mol. The highest BCUT2D eigenvalue weighted by Crippen LogP contribution is 2.36. The van der Waals surface area contributed by atoms with Gasteiger partial charge in [-0.25, -0.2) is 14.2 Å². The topological polar surface area (TPSA) is 57.1 Å². The highest BCUT2D eigenvalue weighted by atomic mass is 35.5. The van der Waals surface area contributed by atoms with E-state index in [2.05, 4.69) is 12.2 Å². The molecule has 2 aliphatic heterocycles. The van der Waals surface area contributed by atoms with Gasteiger partial charge in [-0.15, -0.1) is 11.8 Å². The summed E-state index contributed by atoms with van der Waals surface area (Å²) in [4.78, 5) is 24.5. The third kappa shape index (κ3) is 5.10. The monoisotopic (exact) mass is 458 g/mol. The van der Waals surface area contributed by atoms with E-state index in [0.717, 1.165) is 28.5 Å². The Morgan fingerprint density at radius 2 is 1.81 bits per heavy atom. The van der Waals surface area contributed by atoms with Crippen molar-refractivity contribution in [2.24, 2.45) is 9.98 Å². The molecule has 0 atom stereocenters. The molecule has 1 saturated heterocycles. The molecule has 4 rings (SSSR count). The SMILES string of the molecule is CCCSC1=NC2(CCN(C(=O)Nc3ccc(F)cc3)CC2)N=C1c1ccc(Cl)cc1. The van der Waals surface area contributed by atoms with Gasteiger partial charge in [-0.05, 0) is 48.6 Å². The number of carbonyl (C=O) groups is 1. The number of nitrogens with one attached hydrogen (secondary N) is 1. The zero-order valence-corrected chi connectivity index (χ0v) is 18.8. The average Bonchev–Trinajstić information content (AvgIpc) is 3.12. The third-order valence-electron chi connectivity index (χ3n) is 5.34. The van der Waals surface area contributed by atoms with E-state index < -0.39 is 5.66 Å². The van der Waals surface area contributed by atoms with E-state index in [0.29, 0.717) is 36.6 Å². The Kier molecular flexibility index (Phi) is 6.62. The summed E-state index contributed by atoms with van der Waals surface area (Å²) in [7, 11) is 0. The number of hydrogen-bond acceptors (Lipinski definition) is 4. The van der Waals surface area contributed by atoms with Crippen molar-refractivity contribution in [2.45, 2.75) is 31.8 Å². The summed E-state index contributed by atoms with van der Waals surface area (Å²) in [5.41, 5.74) is 1.99. The van der Waals surface area contributed by atoms with Crippen LogP contribution in [0.1, 0.15) is 31.7 Å². The molecule has 1 spiro atoms. The first-order chi connectivity index (χ1) is 15.0. The zero-order chi connectivity index (χ0) is 21.8. The molecule has 5 nitrogen and oxygen atoms in total. The second-order valence-corrected chi connectivity index (χ2v) is 9.16. The number of piperidine rings is 1. The number of nitrogens with zero attached hydrogens (tertiary/aromatic N) is 3. The lowest BCUT2D eigenvalue weighted by molar-refractivity contribution is 0.175. The van der Waals surface area contributed by atoms with E-state index in [9.17, 15) is 9.18 Å². The minimum atomic E-state index is -0.516. The molecule has 2 heterocycles. The van der Waals surface area contributed by atoms with Crippen LogP contribution in [0.25, 0.3) is 0 Å². The summed E-state index contributed by atoms with van der Waals surface area (Å²) < 4.78 is 13.1. The molecule has 0 aromatic heterocycles. The van der Waals surface area contributed by atoms with Gasteiger partial charge in [0.2, 0.25) is 0 Å². The first-order valence-electron chi connectivity index (χ1n) is 10.4. The van der Waals surface area contributed by atoms with Crippen molar-refractivity contribution in [3.63, 3.8) is 0 Å².